The lowest BCUT2D eigenvalue weighted by Gasteiger charge is -2.13. The highest BCUT2D eigenvalue weighted by molar-refractivity contribution is 6.35. The van der Waals surface area contributed by atoms with Gasteiger partial charge in [-0.05, 0) is 35.9 Å². The second kappa shape index (κ2) is 11.7. The van der Waals surface area contributed by atoms with Crippen molar-refractivity contribution in [2.24, 2.45) is 0 Å². The number of rotatable bonds is 8. The molecule has 0 aliphatic rings. The lowest BCUT2D eigenvalue weighted by molar-refractivity contribution is -0.112. The van der Waals surface area contributed by atoms with E-state index in [1.807, 2.05) is 6.07 Å². The second-order valence-corrected chi connectivity index (χ2v) is 8.16. The van der Waals surface area contributed by atoms with E-state index in [-0.39, 0.29) is 12.2 Å². The summed E-state index contributed by atoms with van der Waals surface area (Å²) in [5, 5.41) is 13.6. The van der Waals surface area contributed by atoms with Gasteiger partial charge in [0, 0.05) is 27.7 Å². The molecule has 174 valence electrons. The summed E-state index contributed by atoms with van der Waals surface area (Å²) < 4.78 is 16.2. The van der Waals surface area contributed by atoms with Gasteiger partial charge < -0.3 is 19.5 Å². The predicted octanol–water partition coefficient (Wildman–Crippen LogP) is 6.79. The Labute approximate surface area is 212 Å². The van der Waals surface area contributed by atoms with Crippen molar-refractivity contribution >= 4 is 52.5 Å². The largest absolute Gasteiger partial charge is 0.495 e. The first-order chi connectivity index (χ1) is 16.3. The number of amides is 1. The van der Waals surface area contributed by atoms with Crippen LogP contribution in [0.3, 0.4) is 0 Å². The number of nitriles is 1. The van der Waals surface area contributed by atoms with E-state index in [9.17, 15) is 10.1 Å². The molecule has 0 spiro atoms. The molecular formula is C25H19Cl3N2O4. The summed E-state index contributed by atoms with van der Waals surface area (Å²) in [7, 11) is 2.90. The molecule has 0 atom stereocenters. The first kappa shape index (κ1) is 25.3. The minimum Gasteiger partial charge on any atom is -0.495 e. The Kier molecular flexibility index (Phi) is 8.67. The van der Waals surface area contributed by atoms with E-state index in [0.29, 0.717) is 43.6 Å². The molecule has 34 heavy (non-hydrogen) atoms. The van der Waals surface area contributed by atoms with Gasteiger partial charge in [0.05, 0.1) is 24.9 Å². The molecule has 0 aliphatic heterocycles. The molecule has 3 rings (SSSR count). The summed E-state index contributed by atoms with van der Waals surface area (Å²) in [6, 6.07) is 17.1. The van der Waals surface area contributed by atoms with Gasteiger partial charge in [0.25, 0.3) is 5.91 Å². The average molecular weight is 518 g/mol. The summed E-state index contributed by atoms with van der Waals surface area (Å²) >= 11 is 18.2. The van der Waals surface area contributed by atoms with Gasteiger partial charge in [-0.1, -0.05) is 53.0 Å². The highest BCUT2D eigenvalue weighted by Gasteiger charge is 2.15. The summed E-state index contributed by atoms with van der Waals surface area (Å²) in [5.41, 5.74) is 1.66. The van der Waals surface area contributed by atoms with Crippen molar-refractivity contribution in [3.8, 4) is 23.3 Å². The van der Waals surface area contributed by atoms with Gasteiger partial charge >= 0.3 is 0 Å². The van der Waals surface area contributed by atoms with E-state index in [4.69, 9.17) is 49.0 Å². The van der Waals surface area contributed by atoms with Crippen LogP contribution in [0.5, 0.6) is 17.2 Å². The normalized spacial score (nSPS) is 10.9. The first-order valence-electron chi connectivity index (χ1n) is 9.86. The van der Waals surface area contributed by atoms with Crippen molar-refractivity contribution in [3.63, 3.8) is 0 Å². The number of nitrogens with zero attached hydrogens (tertiary/aromatic N) is 1. The highest BCUT2D eigenvalue weighted by Crippen LogP contribution is 2.36. The Balaban J connectivity index is 1.71. The molecule has 1 N–H and O–H groups in total. The van der Waals surface area contributed by atoms with Crippen LogP contribution in [0.2, 0.25) is 15.1 Å². The maximum Gasteiger partial charge on any atom is 0.266 e. The lowest BCUT2D eigenvalue weighted by atomic mass is 10.1. The number of halogens is 3. The standard InChI is InChI=1S/C25H19Cl3N2O4/c1-32-23-12-22(24(33-2)11-21(23)28)30-25(31)17(13-29)9-15-3-7-19(8-4-15)34-14-16-5-6-18(26)10-20(16)27/h3-12H,14H2,1-2H3,(H,30,31)/b17-9+. The van der Waals surface area contributed by atoms with Crippen LogP contribution in [-0.4, -0.2) is 20.1 Å². The zero-order valence-corrected chi connectivity index (χ0v) is 20.5. The van der Waals surface area contributed by atoms with Crippen LogP contribution in [0.25, 0.3) is 6.08 Å². The molecule has 0 heterocycles. The van der Waals surface area contributed by atoms with E-state index >= 15 is 0 Å². The van der Waals surface area contributed by atoms with Crippen LogP contribution in [0.1, 0.15) is 11.1 Å². The Morgan fingerprint density at radius 1 is 0.971 bits per heavy atom. The third-order valence-corrected chi connectivity index (χ3v) is 5.57. The topological polar surface area (TPSA) is 80.6 Å². The number of benzene rings is 3. The maximum absolute atomic E-state index is 12.7. The molecule has 0 radical (unpaired) electrons. The Hall–Kier alpha value is -3.37. The molecule has 0 unspecified atom stereocenters. The minimum absolute atomic E-state index is 0.0995. The molecule has 0 aliphatic carbocycles. The van der Waals surface area contributed by atoms with Gasteiger partial charge in [-0.3, -0.25) is 4.79 Å². The Morgan fingerprint density at radius 3 is 2.29 bits per heavy atom. The summed E-state index contributed by atoms with van der Waals surface area (Å²) in [5.74, 6) is 0.682. The third-order valence-electron chi connectivity index (χ3n) is 4.69. The van der Waals surface area contributed by atoms with Crippen LogP contribution >= 0.6 is 34.8 Å². The molecule has 3 aromatic rings. The van der Waals surface area contributed by atoms with Crippen LogP contribution in [0.15, 0.2) is 60.2 Å². The summed E-state index contributed by atoms with van der Waals surface area (Å²) in [4.78, 5) is 12.7. The van der Waals surface area contributed by atoms with E-state index in [0.717, 1.165) is 5.56 Å². The zero-order chi connectivity index (χ0) is 24.7. The van der Waals surface area contributed by atoms with Crippen molar-refractivity contribution < 1.29 is 19.0 Å². The molecule has 6 nitrogen and oxygen atoms in total. The van der Waals surface area contributed by atoms with Crippen LogP contribution < -0.4 is 19.5 Å². The fourth-order valence-electron chi connectivity index (χ4n) is 2.92. The van der Waals surface area contributed by atoms with Crippen LogP contribution in [0.4, 0.5) is 5.69 Å². The number of hydrogen-bond acceptors (Lipinski definition) is 5. The number of anilines is 1. The zero-order valence-electron chi connectivity index (χ0n) is 18.2. The molecule has 3 aromatic carbocycles. The van der Waals surface area contributed by atoms with Crippen molar-refractivity contribution in [2.75, 3.05) is 19.5 Å². The minimum atomic E-state index is -0.608. The van der Waals surface area contributed by atoms with Gasteiger partial charge in [-0.15, -0.1) is 0 Å². The van der Waals surface area contributed by atoms with E-state index in [1.54, 1.807) is 42.5 Å². The highest BCUT2D eigenvalue weighted by atomic mass is 35.5. The van der Waals surface area contributed by atoms with Crippen molar-refractivity contribution in [1.82, 2.24) is 0 Å². The molecule has 1 amide bonds. The van der Waals surface area contributed by atoms with Gasteiger partial charge in [0.15, 0.2) is 0 Å². The van der Waals surface area contributed by atoms with E-state index < -0.39 is 5.91 Å². The number of nitrogens with one attached hydrogen (secondary N) is 1. The number of carbonyl (C=O) groups excluding carboxylic acids is 1. The smallest absolute Gasteiger partial charge is 0.266 e. The Morgan fingerprint density at radius 2 is 1.68 bits per heavy atom. The second-order valence-electron chi connectivity index (χ2n) is 6.90. The molecule has 0 aromatic heterocycles. The maximum atomic E-state index is 12.7. The first-order valence-corrected chi connectivity index (χ1v) is 11.0. The molecule has 9 heteroatoms. The van der Waals surface area contributed by atoms with Crippen molar-refractivity contribution in [3.05, 3.63) is 86.4 Å². The fourth-order valence-corrected chi connectivity index (χ4v) is 3.62. The number of hydrogen-bond donors (Lipinski definition) is 1. The van der Waals surface area contributed by atoms with Gasteiger partial charge in [-0.2, -0.15) is 5.26 Å². The molecular weight excluding hydrogens is 499 g/mol. The number of methoxy groups -OCH3 is 2. The number of carbonyl (C=O) groups is 1. The van der Waals surface area contributed by atoms with Gasteiger partial charge in [0.2, 0.25) is 0 Å². The monoisotopic (exact) mass is 516 g/mol. The molecule has 0 fully saturated rings. The summed E-state index contributed by atoms with van der Waals surface area (Å²) in [6.45, 7) is 0.267. The third kappa shape index (κ3) is 6.36. The fraction of sp³-hybridized carbons (Fsp3) is 0.120. The van der Waals surface area contributed by atoms with Crippen molar-refractivity contribution in [2.45, 2.75) is 6.61 Å². The van der Waals surface area contributed by atoms with Crippen LogP contribution in [0, 0.1) is 11.3 Å². The van der Waals surface area contributed by atoms with Gasteiger partial charge in [-0.25, -0.2) is 0 Å². The predicted molar refractivity (Wildman–Crippen MR) is 134 cm³/mol. The van der Waals surface area contributed by atoms with Gasteiger partial charge in [0.1, 0.15) is 35.5 Å². The SMILES string of the molecule is COc1cc(NC(=O)/C(C#N)=C/c2ccc(OCc3ccc(Cl)cc3Cl)cc2)c(OC)cc1Cl. The Bertz CT molecular complexity index is 1270. The molecule has 0 saturated heterocycles. The van der Waals surface area contributed by atoms with E-state index in [2.05, 4.69) is 5.32 Å². The number of ether oxygens (including phenoxy) is 3. The van der Waals surface area contributed by atoms with E-state index in [1.165, 1.54) is 32.4 Å². The lowest BCUT2D eigenvalue weighted by Crippen LogP contribution is -2.14. The average Bonchev–Trinajstić information content (AvgIpc) is 2.83. The van der Waals surface area contributed by atoms with Crippen LogP contribution in [-0.2, 0) is 11.4 Å². The summed E-state index contributed by atoms with van der Waals surface area (Å²) in [6.07, 6.45) is 1.47. The quantitative estimate of drug-likeness (QED) is 0.263. The molecule has 0 bridgehead atoms. The molecule has 0 saturated carbocycles. The van der Waals surface area contributed by atoms with Crippen molar-refractivity contribution in [1.29, 1.82) is 5.26 Å².